The zero-order valence-corrected chi connectivity index (χ0v) is 10.2. The smallest absolute Gasteiger partial charge is 0 e. The number of hydrogen-bond donors (Lipinski definition) is 0. The molecule has 3 heteroatoms. The van der Waals surface area contributed by atoms with Crippen LogP contribution in [0.25, 0.3) is 0 Å². The Morgan fingerprint density at radius 3 is 1.20 bits per heavy atom. The molecule has 0 amide bonds. The molecule has 0 aliphatic carbocycles. The first kappa shape index (κ1) is 15.6. The first-order valence-corrected chi connectivity index (χ1v) is 7.14. The Bertz CT molecular complexity index is 7.61. The maximum Gasteiger partial charge on any atom is 0 e. The van der Waals surface area contributed by atoms with Gasteiger partial charge < -0.3 is 6.92 Å². The largest absolute Gasteiger partial charge is 0.346 e. The van der Waals surface area contributed by atoms with Crippen LogP contribution >= 0.6 is 37.2 Å². The van der Waals surface area contributed by atoms with Crippen LogP contribution in [0.15, 0.2) is 0 Å². The standard InChI is InChI=1S/C2H5.I2.Y/c2*1-2;/h1H2,2H3;;/q-1;;. The molecule has 0 aromatic rings. The molecule has 0 aliphatic heterocycles. The molecule has 0 rings (SSSR count). The quantitative estimate of drug-likeness (QED) is 0.453. The van der Waals surface area contributed by atoms with E-state index in [1.54, 1.807) is 6.92 Å². The fraction of sp³-hybridized carbons (Fsp3) is 0.500. The molecule has 0 N–H and O–H groups in total. The zero-order chi connectivity index (χ0) is 4.00. The second-order valence-corrected chi connectivity index (χ2v) is 0. The molecule has 0 saturated carbocycles. The molecule has 0 unspecified atom stereocenters. The second kappa shape index (κ2) is 30.9. The summed E-state index contributed by atoms with van der Waals surface area (Å²) in [5.74, 6) is 0. The van der Waals surface area contributed by atoms with Gasteiger partial charge in [-0.25, -0.2) is 0 Å². The Balaban J connectivity index is -0.0000000133. The van der Waals surface area contributed by atoms with Gasteiger partial charge in [-0.1, -0.05) is 0 Å². The Morgan fingerprint density at radius 2 is 1.20 bits per heavy atom. The van der Waals surface area contributed by atoms with E-state index in [1.807, 2.05) is 0 Å². The SMILES string of the molecule is II.[CH2-]C.[Y]. The van der Waals surface area contributed by atoms with Crippen molar-refractivity contribution in [1.82, 2.24) is 0 Å². The molecule has 0 fully saturated rings. The van der Waals surface area contributed by atoms with Gasteiger partial charge >= 0.3 is 0 Å². The normalized spacial score (nSPS) is 2.40. The van der Waals surface area contributed by atoms with Gasteiger partial charge in [0.1, 0.15) is 0 Å². The molecule has 0 bridgehead atoms. The van der Waals surface area contributed by atoms with Crippen molar-refractivity contribution in [2.24, 2.45) is 0 Å². The molecule has 0 spiro atoms. The zero-order valence-electron chi connectivity index (χ0n) is 3.04. The number of halogens is 2. The third kappa shape index (κ3) is 20.8. The maximum atomic E-state index is 3.25. The van der Waals surface area contributed by atoms with Gasteiger partial charge in [-0.3, -0.25) is 0 Å². The van der Waals surface area contributed by atoms with Crippen molar-refractivity contribution in [3.8, 4) is 0 Å². The van der Waals surface area contributed by atoms with Crippen molar-refractivity contribution in [2.75, 3.05) is 0 Å². The van der Waals surface area contributed by atoms with Crippen molar-refractivity contribution in [3.63, 3.8) is 0 Å². The molecule has 5 heavy (non-hydrogen) atoms. The van der Waals surface area contributed by atoms with Gasteiger partial charge in [0.05, 0.1) is 0 Å². The molecular formula is C2H5I2Y-. The summed E-state index contributed by atoms with van der Waals surface area (Å²) in [6.07, 6.45) is 0. The van der Waals surface area contributed by atoms with Crippen LogP contribution in [0, 0.1) is 6.92 Å². The average molecular weight is 372 g/mol. The first-order valence-electron chi connectivity index (χ1n) is 0.850. The summed E-state index contributed by atoms with van der Waals surface area (Å²) in [7, 11) is 0. The first-order chi connectivity index (χ1) is 2.00. The molecule has 0 atom stereocenters. The fourth-order valence-corrected chi connectivity index (χ4v) is 0. The van der Waals surface area contributed by atoms with Gasteiger partial charge in [-0.15, -0.1) is 0 Å². The Morgan fingerprint density at radius 1 is 1.20 bits per heavy atom. The van der Waals surface area contributed by atoms with Crippen LogP contribution in [0.4, 0.5) is 0 Å². The van der Waals surface area contributed by atoms with Gasteiger partial charge in [0.25, 0.3) is 0 Å². The second-order valence-electron chi connectivity index (χ2n) is 0. The van der Waals surface area contributed by atoms with E-state index in [1.165, 1.54) is 0 Å². The summed E-state index contributed by atoms with van der Waals surface area (Å²) in [6.45, 7) is 5.00. The van der Waals surface area contributed by atoms with Gasteiger partial charge in [0, 0.05) is 69.9 Å². The van der Waals surface area contributed by atoms with Crippen LogP contribution in [0.5, 0.6) is 0 Å². The number of rotatable bonds is 0. The molecule has 31 valence electrons. The van der Waals surface area contributed by atoms with Crippen LogP contribution in [0.2, 0.25) is 0 Å². The molecule has 0 aromatic carbocycles. The fourth-order valence-electron chi connectivity index (χ4n) is 0. The van der Waals surface area contributed by atoms with Crippen LogP contribution in [-0.2, 0) is 32.7 Å². The number of hydrogen-bond acceptors (Lipinski definition) is 0. The molecule has 0 aromatic heterocycles. The van der Waals surface area contributed by atoms with Crippen molar-refractivity contribution >= 4 is 37.2 Å². The van der Waals surface area contributed by atoms with Crippen molar-refractivity contribution in [1.29, 1.82) is 0 Å². The molecule has 0 nitrogen and oxygen atoms in total. The van der Waals surface area contributed by atoms with Crippen molar-refractivity contribution < 1.29 is 32.7 Å². The van der Waals surface area contributed by atoms with Crippen LogP contribution in [0.1, 0.15) is 6.92 Å². The predicted octanol–water partition coefficient (Wildman–Crippen LogP) is 2.61. The topological polar surface area (TPSA) is 0 Å². The minimum absolute atomic E-state index is 0. The van der Waals surface area contributed by atoms with E-state index in [-0.39, 0.29) is 32.7 Å². The van der Waals surface area contributed by atoms with Gasteiger partial charge in [-0.05, 0) is 0 Å². The predicted molar refractivity (Wildman–Crippen MR) is 39.1 cm³/mol. The van der Waals surface area contributed by atoms with E-state index in [0.29, 0.717) is 0 Å². The molecule has 0 heterocycles. The average Bonchev–Trinajstić information content (AvgIpc) is 1.50. The summed E-state index contributed by atoms with van der Waals surface area (Å²) in [4.78, 5) is 0. The summed E-state index contributed by atoms with van der Waals surface area (Å²) < 4.78 is 0. The minimum atomic E-state index is 0. The summed E-state index contributed by atoms with van der Waals surface area (Å²) in [5.41, 5.74) is 0. The molecule has 1 radical (unpaired) electrons. The van der Waals surface area contributed by atoms with Crippen molar-refractivity contribution in [2.45, 2.75) is 6.92 Å². The third-order valence-corrected chi connectivity index (χ3v) is 0. The maximum absolute atomic E-state index is 3.25. The van der Waals surface area contributed by atoms with E-state index in [2.05, 4.69) is 44.2 Å². The molecule has 0 saturated heterocycles. The molecule has 0 aliphatic rings. The Kier molecular flexibility index (Phi) is 96.7. The van der Waals surface area contributed by atoms with E-state index in [0.717, 1.165) is 0 Å². The van der Waals surface area contributed by atoms with Crippen LogP contribution < -0.4 is 0 Å². The summed E-state index contributed by atoms with van der Waals surface area (Å²) in [6, 6.07) is 0. The Labute approximate surface area is 82.1 Å². The molecular weight excluding hydrogens is 367 g/mol. The third-order valence-electron chi connectivity index (χ3n) is 0. The van der Waals surface area contributed by atoms with E-state index in [4.69, 9.17) is 0 Å². The summed E-state index contributed by atoms with van der Waals surface area (Å²) >= 11 is 4.24. The van der Waals surface area contributed by atoms with Crippen molar-refractivity contribution in [3.05, 3.63) is 6.92 Å². The van der Waals surface area contributed by atoms with Crippen LogP contribution in [-0.4, -0.2) is 0 Å². The van der Waals surface area contributed by atoms with E-state index < -0.39 is 0 Å². The monoisotopic (exact) mass is 372 g/mol. The Hall–Kier alpha value is 2.56. The van der Waals surface area contributed by atoms with Gasteiger partial charge in [0.15, 0.2) is 0 Å². The van der Waals surface area contributed by atoms with Crippen LogP contribution in [0.3, 0.4) is 0 Å². The minimum Gasteiger partial charge on any atom is -0.346 e. The van der Waals surface area contributed by atoms with Gasteiger partial charge in [-0.2, -0.15) is 6.92 Å². The van der Waals surface area contributed by atoms with Gasteiger partial charge in [0.2, 0.25) is 0 Å². The van der Waals surface area contributed by atoms with E-state index in [9.17, 15) is 0 Å². The summed E-state index contributed by atoms with van der Waals surface area (Å²) in [5, 5.41) is 0. The van der Waals surface area contributed by atoms with E-state index >= 15 is 0 Å².